The maximum Gasteiger partial charge on any atom is 0.286 e. The number of amides is 1. The zero-order chi connectivity index (χ0) is 22.6. The van der Waals surface area contributed by atoms with E-state index in [2.05, 4.69) is 75.5 Å². The van der Waals surface area contributed by atoms with Gasteiger partial charge in [-0.3, -0.25) is 9.69 Å². The molecule has 3 aromatic carbocycles. The molecule has 0 atom stereocenters. The maximum atomic E-state index is 12.5. The van der Waals surface area contributed by atoms with Crippen LogP contribution in [0.2, 0.25) is 0 Å². The molecule has 33 heavy (non-hydrogen) atoms. The average Bonchev–Trinajstić information content (AvgIpc) is 3.23. The fourth-order valence-corrected chi connectivity index (χ4v) is 5.30. The van der Waals surface area contributed by atoms with Crippen molar-refractivity contribution in [3.8, 4) is 5.75 Å². The van der Waals surface area contributed by atoms with E-state index in [0.29, 0.717) is 10.5 Å². The molecule has 6 heteroatoms. The molecule has 2 heterocycles. The van der Waals surface area contributed by atoms with Gasteiger partial charge in [0.15, 0.2) is 5.17 Å². The van der Waals surface area contributed by atoms with Gasteiger partial charge in [-0.25, -0.2) is 0 Å². The fraction of sp³-hybridized carbons (Fsp3) is 0.185. The van der Waals surface area contributed by atoms with Crippen molar-refractivity contribution in [2.24, 2.45) is 4.99 Å². The largest absolute Gasteiger partial charge is 0.507 e. The molecule has 5 rings (SSSR count). The second-order valence-corrected chi connectivity index (χ2v) is 9.13. The standard InChI is InChI=1S/C27H25N3O2S/c31-23-14-8-7-13-22(23)19-24-26(32)28-27(33-24)30-17-15-29(16-18-30)25(20-9-3-1-4-10-20)21-11-5-2-6-12-21/h1-14,19,25,31H,15-18H2/b24-19-. The third kappa shape index (κ3) is 4.72. The first kappa shape index (κ1) is 21.5. The molecule has 2 aliphatic heterocycles. The molecule has 3 aromatic rings. The van der Waals surface area contributed by atoms with Crippen LogP contribution in [0.4, 0.5) is 0 Å². The molecule has 0 unspecified atom stereocenters. The summed E-state index contributed by atoms with van der Waals surface area (Å²) in [5.74, 6) is -0.0829. The number of aromatic hydroxyl groups is 1. The summed E-state index contributed by atoms with van der Waals surface area (Å²) < 4.78 is 0. The number of carbonyl (C=O) groups is 1. The van der Waals surface area contributed by atoms with E-state index in [-0.39, 0.29) is 17.7 Å². The lowest BCUT2D eigenvalue weighted by molar-refractivity contribution is -0.113. The molecule has 166 valence electrons. The first-order chi connectivity index (χ1) is 16.2. The summed E-state index contributed by atoms with van der Waals surface area (Å²) in [7, 11) is 0. The summed E-state index contributed by atoms with van der Waals surface area (Å²) in [6.07, 6.45) is 1.72. The molecule has 0 aliphatic carbocycles. The van der Waals surface area contributed by atoms with E-state index < -0.39 is 0 Å². The lowest BCUT2D eigenvalue weighted by atomic mass is 9.96. The molecule has 2 aliphatic rings. The first-order valence-electron chi connectivity index (χ1n) is 11.1. The van der Waals surface area contributed by atoms with Crippen LogP contribution in [0.25, 0.3) is 6.08 Å². The Kier molecular flexibility index (Phi) is 6.28. The fourth-order valence-electron chi connectivity index (χ4n) is 4.34. The second kappa shape index (κ2) is 9.65. The Morgan fingerprint density at radius 3 is 2.00 bits per heavy atom. The van der Waals surface area contributed by atoms with Crippen LogP contribution in [0.1, 0.15) is 22.7 Å². The molecule has 0 bridgehead atoms. The van der Waals surface area contributed by atoms with Crippen LogP contribution in [-0.2, 0) is 4.79 Å². The number of benzene rings is 3. The Morgan fingerprint density at radius 2 is 1.39 bits per heavy atom. The third-order valence-corrected chi connectivity index (χ3v) is 7.06. The molecule has 5 nitrogen and oxygen atoms in total. The summed E-state index contributed by atoms with van der Waals surface area (Å²) in [6.45, 7) is 3.36. The van der Waals surface area contributed by atoms with Crippen LogP contribution in [0, 0.1) is 0 Å². The highest BCUT2D eigenvalue weighted by molar-refractivity contribution is 8.18. The van der Waals surface area contributed by atoms with E-state index in [1.165, 1.54) is 22.9 Å². The highest BCUT2D eigenvalue weighted by atomic mass is 32.2. The summed E-state index contributed by atoms with van der Waals surface area (Å²) in [6, 6.07) is 28.5. The smallest absolute Gasteiger partial charge is 0.286 e. The number of hydrogen-bond acceptors (Lipinski definition) is 5. The van der Waals surface area contributed by atoms with Crippen LogP contribution in [0.5, 0.6) is 5.75 Å². The van der Waals surface area contributed by atoms with E-state index in [1.807, 2.05) is 6.07 Å². The van der Waals surface area contributed by atoms with Crippen molar-refractivity contribution < 1.29 is 9.90 Å². The lowest BCUT2D eigenvalue weighted by Crippen LogP contribution is -2.49. The van der Waals surface area contributed by atoms with E-state index in [0.717, 1.165) is 31.3 Å². The number of piperazine rings is 1. The molecule has 1 saturated heterocycles. The van der Waals surface area contributed by atoms with Gasteiger partial charge >= 0.3 is 0 Å². The Bertz CT molecular complexity index is 1150. The van der Waals surface area contributed by atoms with E-state index >= 15 is 0 Å². The predicted octanol–water partition coefficient (Wildman–Crippen LogP) is 4.77. The number of aliphatic imine (C=N–C) groups is 1. The number of para-hydroxylation sites is 1. The predicted molar refractivity (Wildman–Crippen MR) is 134 cm³/mol. The number of phenolic OH excluding ortho intramolecular Hbond substituents is 1. The highest BCUT2D eigenvalue weighted by Gasteiger charge is 2.31. The zero-order valence-electron chi connectivity index (χ0n) is 18.2. The molecule has 1 N–H and O–H groups in total. The van der Waals surface area contributed by atoms with E-state index in [9.17, 15) is 9.90 Å². The number of phenols is 1. The van der Waals surface area contributed by atoms with Gasteiger partial charge in [-0.15, -0.1) is 0 Å². The van der Waals surface area contributed by atoms with Gasteiger partial charge in [0, 0.05) is 31.7 Å². The van der Waals surface area contributed by atoms with Crippen molar-refractivity contribution >= 4 is 28.9 Å². The molecule has 0 spiro atoms. The number of thioether (sulfide) groups is 1. The highest BCUT2D eigenvalue weighted by Crippen LogP contribution is 2.34. The minimum Gasteiger partial charge on any atom is -0.507 e. The van der Waals surface area contributed by atoms with Crippen LogP contribution in [-0.4, -0.2) is 52.2 Å². The molecule has 1 fully saturated rings. The number of nitrogens with zero attached hydrogens (tertiary/aromatic N) is 3. The van der Waals surface area contributed by atoms with Gasteiger partial charge in [-0.05, 0) is 35.0 Å². The molecular weight excluding hydrogens is 430 g/mol. The quantitative estimate of drug-likeness (QED) is 0.575. The molecular formula is C27H25N3O2S. The number of hydrogen-bond donors (Lipinski definition) is 1. The lowest BCUT2D eigenvalue weighted by Gasteiger charge is -2.40. The SMILES string of the molecule is O=C1N=C(N2CCN(C(c3ccccc3)c3ccccc3)CC2)S/C1=C\c1ccccc1O. The number of amidine groups is 1. The summed E-state index contributed by atoms with van der Waals surface area (Å²) in [5.41, 5.74) is 3.20. The Hall–Kier alpha value is -3.35. The van der Waals surface area contributed by atoms with Gasteiger partial charge in [0.1, 0.15) is 5.75 Å². The van der Waals surface area contributed by atoms with Crippen molar-refractivity contribution in [2.45, 2.75) is 6.04 Å². The van der Waals surface area contributed by atoms with Crippen molar-refractivity contribution in [2.75, 3.05) is 26.2 Å². The van der Waals surface area contributed by atoms with Crippen LogP contribution >= 0.6 is 11.8 Å². The number of rotatable bonds is 4. The van der Waals surface area contributed by atoms with Gasteiger partial charge < -0.3 is 10.0 Å². The first-order valence-corrected chi connectivity index (χ1v) is 11.9. The average molecular weight is 456 g/mol. The Morgan fingerprint density at radius 1 is 0.818 bits per heavy atom. The summed E-state index contributed by atoms with van der Waals surface area (Å²) >= 11 is 1.39. The van der Waals surface area contributed by atoms with Crippen molar-refractivity contribution in [3.05, 3.63) is 107 Å². The summed E-state index contributed by atoms with van der Waals surface area (Å²) in [4.78, 5) is 22.0. The minimum atomic E-state index is -0.243. The van der Waals surface area contributed by atoms with E-state index in [4.69, 9.17) is 0 Å². The zero-order valence-corrected chi connectivity index (χ0v) is 19.0. The van der Waals surface area contributed by atoms with Crippen LogP contribution in [0.15, 0.2) is 94.8 Å². The van der Waals surface area contributed by atoms with Crippen molar-refractivity contribution in [3.63, 3.8) is 0 Å². The summed E-state index contributed by atoms with van der Waals surface area (Å²) in [5, 5.41) is 10.8. The molecule has 1 amide bonds. The Labute approximate surface area is 198 Å². The molecule has 0 aromatic heterocycles. The third-order valence-electron chi connectivity index (χ3n) is 6.01. The van der Waals surface area contributed by atoms with Gasteiger partial charge in [-0.2, -0.15) is 4.99 Å². The molecule has 0 radical (unpaired) electrons. The van der Waals surface area contributed by atoms with Gasteiger partial charge in [0.05, 0.1) is 10.9 Å². The number of carbonyl (C=O) groups excluding carboxylic acids is 1. The van der Waals surface area contributed by atoms with Gasteiger partial charge in [-0.1, -0.05) is 78.9 Å². The van der Waals surface area contributed by atoms with Crippen molar-refractivity contribution in [1.82, 2.24) is 9.80 Å². The van der Waals surface area contributed by atoms with Crippen molar-refractivity contribution in [1.29, 1.82) is 0 Å². The van der Waals surface area contributed by atoms with E-state index in [1.54, 1.807) is 24.3 Å². The van der Waals surface area contributed by atoms with Gasteiger partial charge in [0.25, 0.3) is 5.91 Å². The normalized spacial score (nSPS) is 18.2. The molecule has 0 saturated carbocycles. The second-order valence-electron chi connectivity index (χ2n) is 8.12. The minimum absolute atomic E-state index is 0.160. The van der Waals surface area contributed by atoms with Crippen LogP contribution in [0.3, 0.4) is 0 Å². The van der Waals surface area contributed by atoms with Crippen LogP contribution < -0.4 is 0 Å². The topological polar surface area (TPSA) is 56.1 Å². The Balaban J connectivity index is 1.29. The maximum absolute atomic E-state index is 12.5. The monoisotopic (exact) mass is 455 g/mol. The van der Waals surface area contributed by atoms with Gasteiger partial charge in [0.2, 0.25) is 0 Å².